The third-order valence-corrected chi connectivity index (χ3v) is 3.41. The lowest BCUT2D eigenvalue weighted by molar-refractivity contribution is -0.137. The van der Waals surface area contributed by atoms with Crippen LogP contribution in [0.2, 0.25) is 0 Å². The van der Waals surface area contributed by atoms with Gasteiger partial charge in [0.25, 0.3) is 5.78 Å². The molecule has 19 heavy (non-hydrogen) atoms. The molecular formula is C12H14O6S. The van der Waals surface area contributed by atoms with Gasteiger partial charge in [0.05, 0.1) is 24.2 Å². The maximum absolute atomic E-state index is 11.8. The molecule has 0 saturated carbocycles. The zero-order chi connectivity index (χ0) is 14.6. The summed E-state index contributed by atoms with van der Waals surface area (Å²) in [6.45, 7) is 1.62. The Morgan fingerprint density at radius 1 is 1.26 bits per heavy atom. The lowest BCUT2D eigenvalue weighted by Gasteiger charge is -2.08. The van der Waals surface area contributed by atoms with Crippen molar-refractivity contribution in [2.45, 2.75) is 11.8 Å². The topological polar surface area (TPSA) is 86.7 Å². The molecule has 0 heterocycles. The van der Waals surface area contributed by atoms with Crippen LogP contribution in [0.25, 0.3) is 0 Å². The molecule has 6 nitrogen and oxygen atoms in total. The first-order chi connectivity index (χ1) is 8.81. The Kier molecular flexibility index (Phi) is 4.66. The highest BCUT2D eigenvalue weighted by molar-refractivity contribution is 7.90. The number of esters is 1. The van der Waals surface area contributed by atoms with E-state index in [0.29, 0.717) is 0 Å². The number of hydrogen-bond acceptors (Lipinski definition) is 6. The summed E-state index contributed by atoms with van der Waals surface area (Å²) < 4.78 is 32.4. The normalized spacial score (nSPS) is 10.9. The minimum absolute atomic E-state index is 0.0542. The second-order valence-electron chi connectivity index (χ2n) is 3.68. The highest BCUT2D eigenvalue weighted by Gasteiger charge is 2.23. The van der Waals surface area contributed by atoms with Gasteiger partial charge >= 0.3 is 5.97 Å². The fraction of sp³-hybridized carbons (Fsp3) is 0.333. The quantitative estimate of drug-likeness (QED) is 0.453. The third kappa shape index (κ3) is 3.54. The Morgan fingerprint density at radius 3 is 2.37 bits per heavy atom. The van der Waals surface area contributed by atoms with Crippen LogP contribution in [0.15, 0.2) is 23.1 Å². The van der Waals surface area contributed by atoms with E-state index >= 15 is 0 Å². The first-order valence-electron chi connectivity index (χ1n) is 5.40. The van der Waals surface area contributed by atoms with Crippen LogP contribution in [0, 0.1) is 0 Å². The number of ether oxygens (including phenoxy) is 2. The summed E-state index contributed by atoms with van der Waals surface area (Å²) in [5.41, 5.74) is -0.135. The molecule has 7 heteroatoms. The highest BCUT2D eigenvalue weighted by Crippen LogP contribution is 2.23. The fourth-order valence-electron chi connectivity index (χ4n) is 1.40. The molecule has 1 aromatic carbocycles. The molecule has 0 aliphatic heterocycles. The largest absolute Gasteiger partial charge is 0.496 e. The van der Waals surface area contributed by atoms with E-state index in [-0.39, 0.29) is 22.8 Å². The van der Waals surface area contributed by atoms with E-state index in [1.165, 1.54) is 19.2 Å². The van der Waals surface area contributed by atoms with E-state index in [2.05, 4.69) is 4.74 Å². The van der Waals surface area contributed by atoms with Gasteiger partial charge in [-0.3, -0.25) is 4.79 Å². The number of ketones is 1. The number of carbonyl (C=O) groups excluding carboxylic acids is 2. The number of carbonyl (C=O) groups is 2. The maximum atomic E-state index is 11.8. The molecule has 0 spiro atoms. The predicted molar refractivity (Wildman–Crippen MR) is 67.1 cm³/mol. The van der Waals surface area contributed by atoms with Crippen molar-refractivity contribution in [2.75, 3.05) is 20.0 Å². The Bertz CT molecular complexity index is 603. The molecule has 0 bridgehead atoms. The average molecular weight is 286 g/mol. The molecule has 0 aromatic heterocycles. The Labute approximate surface area is 111 Å². The van der Waals surface area contributed by atoms with Crippen molar-refractivity contribution in [1.82, 2.24) is 0 Å². The third-order valence-electron chi connectivity index (χ3n) is 2.30. The van der Waals surface area contributed by atoms with Gasteiger partial charge in [-0.05, 0) is 25.1 Å². The molecule has 0 atom stereocenters. The predicted octanol–water partition coefficient (Wildman–Crippen LogP) is 0.845. The second-order valence-corrected chi connectivity index (χ2v) is 5.70. The van der Waals surface area contributed by atoms with Crippen molar-refractivity contribution in [3.05, 3.63) is 23.8 Å². The van der Waals surface area contributed by atoms with E-state index < -0.39 is 21.6 Å². The lowest BCUT2D eigenvalue weighted by atomic mass is 10.1. The first kappa shape index (κ1) is 15.2. The average Bonchev–Trinajstić information content (AvgIpc) is 2.36. The fourth-order valence-corrected chi connectivity index (χ4v) is 2.05. The van der Waals surface area contributed by atoms with Crippen molar-refractivity contribution in [2.24, 2.45) is 0 Å². The molecule has 0 aliphatic rings. The summed E-state index contributed by atoms with van der Waals surface area (Å²) in [6, 6.07) is 3.73. The zero-order valence-corrected chi connectivity index (χ0v) is 11.6. The van der Waals surface area contributed by atoms with E-state index in [1.807, 2.05) is 0 Å². The number of benzene rings is 1. The molecule has 1 aromatic rings. The van der Waals surface area contributed by atoms with Crippen LogP contribution >= 0.6 is 0 Å². The summed E-state index contributed by atoms with van der Waals surface area (Å²) in [4.78, 5) is 23.2. The van der Waals surface area contributed by atoms with E-state index in [4.69, 9.17) is 4.74 Å². The Morgan fingerprint density at radius 2 is 1.89 bits per heavy atom. The summed E-state index contributed by atoms with van der Waals surface area (Å²) in [6.07, 6.45) is 1.01. The lowest BCUT2D eigenvalue weighted by Crippen LogP contribution is -2.18. The van der Waals surface area contributed by atoms with E-state index in [0.717, 1.165) is 12.3 Å². The van der Waals surface area contributed by atoms with Crippen LogP contribution in [0.3, 0.4) is 0 Å². The number of rotatable bonds is 5. The van der Waals surface area contributed by atoms with Crippen LogP contribution in [-0.2, 0) is 19.4 Å². The summed E-state index contributed by atoms with van der Waals surface area (Å²) in [5, 5.41) is 0. The van der Waals surface area contributed by atoms with Gasteiger partial charge in [0.1, 0.15) is 5.75 Å². The van der Waals surface area contributed by atoms with Crippen molar-refractivity contribution in [3.63, 3.8) is 0 Å². The molecule has 0 aliphatic carbocycles. The molecule has 104 valence electrons. The molecule has 0 N–H and O–H groups in total. The van der Waals surface area contributed by atoms with Gasteiger partial charge in [-0.1, -0.05) is 0 Å². The monoisotopic (exact) mass is 286 g/mol. The SMILES string of the molecule is CCOC(=O)C(=O)c1cc(S(C)(=O)=O)ccc1OC. The zero-order valence-electron chi connectivity index (χ0n) is 10.8. The van der Waals surface area contributed by atoms with Crippen molar-refractivity contribution in [1.29, 1.82) is 0 Å². The summed E-state index contributed by atoms with van der Waals surface area (Å²) in [5.74, 6) is -1.87. The smallest absolute Gasteiger partial charge is 0.379 e. The molecule has 0 saturated heterocycles. The van der Waals surface area contributed by atoms with Gasteiger partial charge in [0.15, 0.2) is 9.84 Å². The second kappa shape index (κ2) is 5.83. The summed E-state index contributed by atoms with van der Waals surface area (Å²) >= 11 is 0. The highest BCUT2D eigenvalue weighted by atomic mass is 32.2. The number of hydrogen-bond donors (Lipinski definition) is 0. The van der Waals surface area contributed by atoms with Crippen molar-refractivity contribution >= 4 is 21.6 Å². The Balaban J connectivity index is 3.31. The minimum Gasteiger partial charge on any atom is -0.496 e. The van der Waals surface area contributed by atoms with Gasteiger partial charge in [-0.15, -0.1) is 0 Å². The van der Waals surface area contributed by atoms with Gasteiger partial charge in [-0.2, -0.15) is 0 Å². The van der Waals surface area contributed by atoms with Crippen LogP contribution in [-0.4, -0.2) is 40.1 Å². The number of Topliss-reactive ketones (excluding diaryl/α,β-unsaturated/α-hetero) is 1. The minimum atomic E-state index is -3.48. The van der Waals surface area contributed by atoms with Gasteiger partial charge < -0.3 is 9.47 Å². The van der Waals surface area contributed by atoms with Crippen LogP contribution < -0.4 is 4.74 Å². The van der Waals surface area contributed by atoms with Crippen molar-refractivity contribution < 1.29 is 27.5 Å². The van der Waals surface area contributed by atoms with Gasteiger partial charge in [0, 0.05) is 6.26 Å². The summed E-state index contributed by atoms with van der Waals surface area (Å²) in [7, 11) is -2.16. The van der Waals surface area contributed by atoms with E-state index in [1.54, 1.807) is 6.92 Å². The van der Waals surface area contributed by atoms with Crippen LogP contribution in [0.5, 0.6) is 5.75 Å². The molecule has 0 radical (unpaired) electrons. The van der Waals surface area contributed by atoms with Crippen molar-refractivity contribution in [3.8, 4) is 5.75 Å². The maximum Gasteiger partial charge on any atom is 0.379 e. The molecule has 0 amide bonds. The van der Waals surface area contributed by atoms with Gasteiger partial charge in [0.2, 0.25) is 0 Å². The van der Waals surface area contributed by atoms with Crippen LogP contribution in [0.4, 0.5) is 0 Å². The van der Waals surface area contributed by atoms with Gasteiger partial charge in [-0.25, -0.2) is 13.2 Å². The standard InChI is InChI=1S/C12H14O6S/c1-4-18-12(14)11(13)9-7-8(19(3,15)16)5-6-10(9)17-2/h5-7H,4H2,1-3H3. The Hall–Kier alpha value is -1.89. The molecule has 1 rings (SSSR count). The molecular weight excluding hydrogens is 272 g/mol. The first-order valence-corrected chi connectivity index (χ1v) is 7.30. The number of sulfone groups is 1. The molecule has 0 unspecified atom stereocenters. The van der Waals surface area contributed by atoms with Crippen LogP contribution in [0.1, 0.15) is 17.3 Å². The molecule has 0 fully saturated rings. The number of methoxy groups -OCH3 is 1. The van der Waals surface area contributed by atoms with E-state index in [9.17, 15) is 18.0 Å².